The van der Waals surface area contributed by atoms with E-state index in [4.69, 9.17) is 4.99 Å². The summed E-state index contributed by atoms with van der Waals surface area (Å²) in [6, 6.07) is 0. The van der Waals surface area contributed by atoms with Crippen LogP contribution in [0.15, 0.2) is 39.3 Å². The fourth-order valence-electron chi connectivity index (χ4n) is 4.58. The maximum absolute atomic E-state index is 4.95. The van der Waals surface area contributed by atoms with Crippen LogP contribution in [0.3, 0.4) is 0 Å². The van der Waals surface area contributed by atoms with Crippen LogP contribution in [-0.4, -0.2) is 60.4 Å². The molecule has 0 aromatic carbocycles. The fraction of sp³-hybridized carbons (Fsp3) is 0.696. The lowest BCUT2D eigenvalue weighted by molar-refractivity contribution is 0.237. The van der Waals surface area contributed by atoms with Crippen LogP contribution in [0.5, 0.6) is 0 Å². The van der Waals surface area contributed by atoms with E-state index in [1.165, 1.54) is 74.2 Å². The van der Waals surface area contributed by atoms with Gasteiger partial charge in [-0.15, -0.1) is 0 Å². The Morgan fingerprint density at radius 2 is 1.89 bits per heavy atom. The highest BCUT2D eigenvalue weighted by molar-refractivity contribution is 6.01. The van der Waals surface area contributed by atoms with E-state index in [-0.39, 0.29) is 0 Å². The van der Waals surface area contributed by atoms with Gasteiger partial charge in [0.2, 0.25) is 0 Å². The highest BCUT2D eigenvalue weighted by Gasteiger charge is 2.31. The van der Waals surface area contributed by atoms with E-state index in [9.17, 15) is 0 Å². The average Bonchev–Trinajstić information content (AvgIpc) is 3.53. The summed E-state index contributed by atoms with van der Waals surface area (Å²) in [6.07, 6.45) is 12.3. The summed E-state index contributed by atoms with van der Waals surface area (Å²) < 4.78 is 0. The van der Waals surface area contributed by atoms with E-state index in [1.807, 2.05) is 0 Å². The normalized spacial score (nSPS) is 23.1. The molecule has 0 aromatic rings. The zero-order valence-corrected chi connectivity index (χ0v) is 18.1. The predicted molar refractivity (Wildman–Crippen MR) is 117 cm³/mol. The van der Waals surface area contributed by atoms with Gasteiger partial charge in [-0.1, -0.05) is 25.3 Å². The number of amidine groups is 1. The van der Waals surface area contributed by atoms with Gasteiger partial charge >= 0.3 is 0 Å². The number of rotatable bonds is 6. The molecule has 1 aliphatic carbocycles. The van der Waals surface area contributed by atoms with Crippen LogP contribution in [0.25, 0.3) is 0 Å². The molecule has 0 amide bonds. The van der Waals surface area contributed by atoms with E-state index in [2.05, 4.69) is 47.3 Å². The number of nitrogens with one attached hydrogen (secondary N) is 1. The molecule has 0 aromatic heterocycles. The maximum Gasteiger partial charge on any atom is 0.149 e. The monoisotopic (exact) mass is 383 g/mol. The summed E-state index contributed by atoms with van der Waals surface area (Å²) >= 11 is 0. The molecule has 3 heterocycles. The summed E-state index contributed by atoms with van der Waals surface area (Å²) in [7, 11) is 2.25. The Kier molecular flexibility index (Phi) is 6.22. The van der Waals surface area contributed by atoms with E-state index in [0.29, 0.717) is 0 Å². The Bertz CT molecular complexity index is 701. The number of allylic oxidation sites excluding steroid dienone is 3. The number of likely N-dealkylation sites (tertiary alicyclic amines) is 1. The van der Waals surface area contributed by atoms with Crippen molar-refractivity contribution in [3.8, 4) is 0 Å². The number of hydrogen-bond donors (Lipinski definition) is 1. The topological polar surface area (TPSA) is 34.1 Å². The van der Waals surface area contributed by atoms with E-state index in [1.54, 1.807) is 5.57 Å². The van der Waals surface area contributed by atoms with Crippen molar-refractivity contribution in [1.82, 2.24) is 20.2 Å². The SMILES string of the molecule is CCC1=CN=C2C(=C(N(C)C(C)=C3CC3)C1)CNN2CCN1CCCCCC1. The molecular formula is C23H37N5. The molecule has 3 aliphatic heterocycles. The standard InChI is InChI=1S/C23H37N5/c1-4-19-15-22(26(3)18(2)20-9-10-20)21-17-25-28(23(21)24-16-19)14-13-27-11-7-5-6-8-12-27/h16,25H,4-15,17H2,1-3H3. The first kappa shape index (κ1) is 19.7. The minimum absolute atomic E-state index is 0.895. The van der Waals surface area contributed by atoms with Crippen molar-refractivity contribution >= 4 is 5.84 Å². The molecule has 0 spiro atoms. The Morgan fingerprint density at radius 3 is 2.57 bits per heavy atom. The van der Waals surface area contributed by atoms with E-state index >= 15 is 0 Å². The van der Waals surface area contributed by atoms with Crippen molar-refractivity contribution in [2.45, 2.75) is 65.2 Å². The van der Waals surface area contributed by atoms with Crippen LogP contribution in [-0.2, 0) is 0 Å². The van der Waals surface area contributed by atoms with Crippen LogP contribution in [0, 0.1) is 0 Å². The van der Waals surface area contributed by atoms with Crippen LogP contribution < -0.4 is 5.43 Å². The van der Waals surface area contributed by atoms with Crippen molar-refractivity contribution in [1.29, 1.82) is 0 Å². The third kappa shape index (κ3) is 4.36. The van der Waals surface area contributed by atoms with Crippen molar-refractivity contribution in [2.75, 3.05) is 39.8 Å². The second-order valence-corrected chi connectivity index (χ2v) is 8.69. The molecule has 5 nitrogen and oxygen atoms in total. The molecule has 4 aliphatic rings. The second kappa shape index (κ2) is 8.83. The number of nitrogens with zero attached hydrogens (tertiary/aromatic N) is 4. The van der Waals surface area contributed by atoms with Gasteiger partial charge in [0.15, 0.2) is 0 Å². The molecule has 4 rings (SSSR count). The van der Waals surface area contributed by atoms with Crippen LogP contribution >= 0.6 is 0 Å². The predicted octanol–water partition coefficient (Wildman–Crippen LogP) is 4.03. The van der Waals surface area contributed by atoms with Gasteiger partial charge in [-0.2, -0.15) is 0 Å². The summed E-state index contributed by atoms with van der Waals surface area (Å²) in [4.78, 5) is 10.0. The lowest BCUT2D eigenvalue weighted by atomic mass is 10.0. The molecular weight excluding hydrogens is 346 g/mol. The smallest absolute Gasteiger partial charge is 0.149 e. The van der Waals surface area contributed by atoms with E-state index < -0.39 is 0 Å². The summed E-state index contributed by atoms with van der Waals surface area (Å²) in [5, 5.41) is 2.31. The minimum atomic E-state index is 0.895. The van der Waals surface area contributed by atoms with Gasteiger partial charge in [0, 0.05) is 56.3 Å². The Labute approximate surface area is 170 Å². The van der Waals surface area contributed by atoms with Gasteiger partial charge in [0.25, 0.3) is 0 Å². The number of aliphatic imine (C=N–C) groups is 1. The summed E-state index contributed by atoms with van der Waals surface area (Å²) in [5.41, 5.74) is 10.9. The van der Waals surface area contributed by atoms with Gasteiger partial charge in [0.1, 0.15) is 5.84 Å². The van der Waals surface area contributed by atoms with Gasteiger partial charge in [-0.3, -0.25) is 5.01 Å². The first-order chi connectivity index (χ1) is 13.7. The molecule has 0 bridgehead atoms. The Hall–Kier alpha value is -1.59. The largest absolute Gasteiger partial charge is 0.351 e. The molecule has 3 fully saturated rings. The van der Waals surface area contributed by atoms with Crippen molar-refractivity contribution < 1.29 is 0 Å². The molecule has 0 radical (unpaired) electrons. The van der Waals surface area contributed by atoms with Crippen molar-refractivity contribution in [3.05, 3.63) is 34.3 Å². The Morgan fingerprint density at radius 1 is 1.14 bits per heavy atom. The average molecular weight is 384 g/mol. The minimum Gasteiger partial charge on any atom is -0.351 e. The van der Waals surface area contributed by atoms with Gasteiger partial charge in [-0.25, -0.2) is 10.4 Å². The van der Waals surface area contributed by atoms with Crippen LogP contribution in [0.1, 0.15) is 65.2 Å². The fourth-order valence-corrected chi connectivity index (χ4v) is 4.58. The number of hydrogen-bond acceptors (Lipinski definition) is 5. The Balaban J connectivity index is 1.52. The molecule has 5 heteroatoms. The van der Waals surface area contributed by atoms with Crippen molar-refractivity contribution in [2.24, 2.45) is 4.99 Å². The molecule has 1 N–H and O–H groups in total. The van der Waals surface area contributed by atoms with Crippen LogP contribution in [0.2, 0.25) is 0 Å². The lowest BCUT2D eigenvalue weighted by Gasteiger charge is -2.26. The highest BCUT2D eigenvalue weighted by Crippen LogP contribution is 2.36. The lowest BCUT2D eigenvalue weighted by Crippen LogP contribution is -2.41. The van der Waals surface area contributed by atoms with E-state index in [0.717, 1.165) is 38.3 Å². The first-order valence-corrected chi connectivity index (χ1v) is 11.3. The van der Waals surface area contributed by atoms with Gasteiger partial charge in [-0.05, 0) is 57.7 Å². The number of hydrazine groups is 1. The third-order valence-electron chi connectivity index (χ3n) is 6.80. The summed E-state index contributed by atoms with van der Waals surface area (Å²) in [5.74, 6) is 1.15. The third-order valence-corrected chi connectivity index (χ3v) is 6.80. The maximum atomic E-state index is 4.95. The zero-order chi connectivity index (χ0) is 19.5. The van der Waals surface area contributed by atoms with Gasteiger partial charge < -0.3 is 9.80 Å². The molecule has 2 saturated heterocycles. The molecule has 28 heavy (non-hydrogen) atoms. The second-order valence-electron chi connectivity index (χ2n) is 8.69. The van der Waals surface area contributed by atoms with Crippen molar-refractivity contribution in [3.63, 3.8) is 0 Å². The first-order valence-electron chi connectivity index (χ1n) is 11.3. The summed E-state index contributed by atoms with van der Waals surface area (Å²) in [6.45, 7) is 10.1. The molecule has 0 unspecified atom stereocenters. The van der Waals surface area contributed by atoms with Gasteiger partial charge in [0.05, 0.1) is 0 Å². The molecule has 154 valence electrons. The molecule has 1 saturated carbocycles. The quantitative estimate of drug-likeness (QED) is 0.751. The highest BCUT2D eigenvalue weighted by atomic mass is 15.6. The number of fused-ring (bicyclic) bond motifs is 1. The van der Waals surface area contributed by atoms with Crippen LogP contribution in [0.4, 0.5) is 0 Å². The molecule has 0 atom stereocenters. The zero-order valence-electron chi connectivity index (χ0n) is 18.1.